The molecule has 0 radical (unpaired) electrons. The van der Waals surface area contributed by atoms with Crippen molar-refractivity contribution in [3.8, 4) is 0 Å². The molecule has 3 nitrogen and oxygen atoms in total. The standard InChI is InChI=1S/C15H25NO2/c1-5-16-15(11-18-13(3)10-17-4)14-9-7-6-8-12(14)2/h6-9,13,15-16H,5,10-11H2,1-4H3. The van der Waals surface area contributed by atoms with Gasteiger partial charge in [-0.2, -0.15) is 0 Å². The summed E-state index contributed by atoms with van der Waals surface area (Å²) in [6.45, 7) is 8.52. The summed E-state index contributed by atoms with van der Waals surface area (Å²) in [7, 11) is 1.70. The fourth-order valence-electron chi connectivity index (χ4n) is 2.03. The molecule has 0 heterocycles. The zero-order valence-electron chi connectivity index (χ0n) is 11.9. The zero-order chi connectivity index (χ0) is 13.4. The highest BCUT2D eigenvalue weighted by Gasteiger charge is 2.14. The Kier molecular flexibility index (Phi) is 6.94. The Balaban J connectivity index is 2.62. The lowest BCUT2D eigenvalue weighted by Crippen LogP contribution is -2.28. The summed E-state index contributed by atoms with van der Waals surface area (Å²) in [6, 6.07) is 8.68. The van der Waals surface area contributed by atoms with Gasteiger partial charge in [0, 0.05) is 7.11 Å². The van der Waals surface area contributed by atoms with Crippen molar-refractivity contribution in [2.45, 2.75) is 32.9 Å². The number of nitrogens with one attached hydrogen (secondary N) is 1. The molecule has 2 atom stereocenters. The second-order valence-electron chi connectivity index (χ2n) is 4.57. The highest BCUT2D eigenvalue weighted by molar-refractivity contribution is 5.28. The molecule has 0 saturated heterocycles. The molecule has 0 aliphatic carbocycles. The van der Waals surface area contributed by atoms with E-state index in [1.165, 1.54) is 11.1 Å². The summed E-state index contributed by atoms with van der Waals surface area (Å²) in [5, 5.41) is 3.47. The van der Waals surface area contributed by atoms with Crippen molar-refractivity contribution in [2.75, 3.05) is 26.9 Å². The summed E-state index contributed by atoms with van der Waals surface area (Å²) in [4.78, 5) is 0. The Bertz CT molecular complexity index is 341. The number of hydrogen-bond acceptors (Lipinski definition) is 3. The number of likely N-dealkylation sites (N-methyl/N-ethyl adjacent to an activating group) is 1. The van der Waals surface area contributed by atoms with Crippen LogP contribution in [-0.4, -0.2) is 33.0 Å². The van der Waals surface area contributed by atoms with Crippen molar-refractivity contribution in [1.29, 1.82) is 0 Å². The van der Waals surface area contributed by atoms with Gasteiger partial charge in [-0.25, -0.2) is 0 Å². The van der Waals surface area contributed by atoms with Gasteiger partial charge in [0.25, 0.3) is 0 Å². The zero-order valence-corrected chi connectivity index (χ0v) is 11.9. The number of ether oxygens (including phenoxy) is 2. The van der Waals surface area contributed by atoms with Crippen LogP contribution in [-0.2, 0) is 9.47 Å². The van der Waals surface area contributed by atoms with Crippen LogP contribution in [0.3, 0.4) is 0 Å². The topological polar surface area (TPSA) is 30.5 Å². The molecule has 0 aliphatic heterocycles. The molecule has 0 spiro atoms. The summed E-state index contributed by atoms with van der Waals surface area (Å²) in [5.74, 6) is 0. The molecule has 0 amide bonds. The lowest BCUT2D eigenvalue weighted by Gasteiger charge is -2.22. The third kappa shape index (κ3) is 4.77. The maximum absolute atomic E-state index is 5.82. The quantitative estimate of drug-likeness (QED) is 0.770. The Morgan fingerprint density at radius 1 is 1.22 bits per heavy atom. The van der Waals surface area contributed by atoms with Gasteiger partial charge < -0.3 is 14.8 Å². The number of benzene rings is 1. The molecule has 102 valence electrons. The number of hydrogen-bond donors (Lipinski definition) is 1. The highest BCUT2D eigenvalue weighted by atomic mass is 16.5. The highest BCUT2D eigenvalue weighted by Crippen LogP contribution is 2.18. The van der Waals surface area contributed by atoms with Crippen LogP contribution in [0.4, 0.5) is 0 Å². The van der Waals surface area contributed by atoms with Crippen LogP contribution < -0.4 is 5.32 Å². The maximum atomic E-state index is 5.82. The molecule has 3 heteroatoms. The summed E-state index contributed by atoms with van der Waals surface area (Å²) in [5.41, 5.74) is 2.61. The monoisotopic (exact) mass is 251 g/mol. The number of rotatable bonds is 8. The minimum atomic E-state index is 0.125. The molecular formula is C15H25NO2. The van der Waals surface area contributed by atoms with E-state index in [9.17, 15) is 0 Å². The predicted molar refractivity (Wildman–Crippen MR) is 74.9 cm³/mol. The molecule has 0 aliphatic rings. The van der Waals surface area contributed by atoms with E-state index in [1.807, 2.05) is 6.92 Å². The van der Waals surface area contributed by atoms with Crippen LogP contribution >= 0.6 is 0 Å². The third-order valence-electron chi connectivity index (χ3n) is 2.96. The fraction of sp³-hybridized carbons (Fsp3) is 0.600. The number of aryl methyl sites for hydroxylation is 1. The lowest BCUT2D eigenvalue weighted by molar-refractivity contribution is -0.000446. The van der Waals surface area contributed by atoms with E-state index in [4.69, 9.17) is 9.47 Å². The van der Waals surface area contributed by atoms with Crippen LogP contribution in [0, 0.1) is 6.92 Å². The van der Waals surface area contributed by atoms with Gasteiger partial charge >= 0.3 is 0 Å². The molecule has 1 rings (SSSR count). The minimum Gasteiger partial charge on any atom is -0.382 e. The second-order valence-corrected chi connectivity index (χ2v) is 4.57. The van der Waals surface area contributed by atoms with E-state index < -0.39 is 0 Å². The third-order valence-corrected chi connectivity index (χ3v) is 2.96. The van der Waals surface area contributed by atoms with Gasteiger partial charge in [0.15, 0.2) is 0 Å². The van der Waals surface area contributed by atoms with Crippen molar-refractivity contribution < 1.29 is 9.47 Å². The summed E-state index contributed by atoms with van der Waals surface area (Å²) in [6.07, 6.45) is 0.125. The van der Waals surface area contributed by atoms with Crippen molar-refractivity contribution in [3.63, 3.8) is 0 Å². The summed E-state index contributed by atoms with van der Waals surface area (Å²) >= 11 is 0. The smallest absolute Gasteiger partial charge is 0.0781 e. The molecular weight excluding hydrogens is 226 g/mol. The number of methoxy groups -OCH3 is 1. The van der Waals surface area contributed by atoms with Crippen LogP contribution in [0.15, 0.2) is 24.3 Å². The molecule has 1 aromatic carbocycles. The molecule has 2 unspecified atom stereocenters. The summed E-state index contributed by atoms with van der Waals surface area (Å²) < 4.78 is 10.9. The lowest BCUT2D eigenvalue weighted by atomic mass is 10.0. The van der Waals surface area contributed by atoms with E-state index >= 15 is 0 Å². The van der Waals surface area contributed by atoms with Gasteiger partial charge in [-0.3, -0.25) is 0 Å². The fourth-order valence-corrected chi connectivity index (χ4v) is 2.03. The molecule has 1 N–H and O–H groups in total. The Labute approximate surface area is 110 Å². The van der Waals surface area contributed by atoms with Crippen LogP contribution in [0.2, 0.25) is 0 Å². The minimum absolute atomic E-state index is 0.125. The van der Waals surface area contributed by atoms with Crippen molar-refractivity contribution >= 4 is 0 Å². The average molecular weight is 251 g/mol. The van der Waals surface area contributed by atoms with E-state index in [2.05, 4.69) is 43.4 Å². The first-order chi connectivity index (χ1) is 8.69. The Morgan fingerprint density at radius 3 is 2.56 bits per heavy atom. The van der Waals surface area contributed by atoms with Crippen molar-refractivity contribution in [1.82, 2.24) is 5.32 Å². The van der Waals surface area contributed by atoms with Gasteiger partial charge in [-0.05, 0) is 31.5 Å². The largest absolute Gasteiger partial charge is 0.382 e. The van der Waals surface area contributed by atoms with Crippen molar-refractivity contribution in [2.24, 2.45) is 0 Å². The van der Waals surface area contributed by atoms with Crippen molar-refractivity contribution in [3.05, 3.63) is 35.4 Å². The first kappa shape index (κ1) is 15.2. The molecule has 0 fully saturated rings. The molecule has 0 saturated carbocycles. The SMILES string of the molecule is CCNC(COC(C)COC)c1ccccc1C. The second kappa shape index (κ2) is 8.25. The van der Waals surface area contributed by atoms with Gasteiger partial charge in [-0.15, -0.1) is 0 Å². The van der Waals surface area contributed by atoms with E-state index in [0.717, 1.165) is 6.54 Å². The van der Waals surface area contributed by atoms with Gasteiger partial charge in [0.2, 0.25) is 0 Å². The predicted octanol–water partition coefficient (Wildman–Crippen LogP) is 2.70. The van der Waals surface area contributed by atoms with Gasteiger partial charge in [0.1, 0.15) is 0 Å². The van der Waals surface area contributed by atoms with E-state index in [0.29, 0.717) is 13.2 Å². The molecule has 0 aromatic heterocycles. The molecule has 1 aromatic rings. The molecule has 18 heavy (non-hydrogen) atoms. The van der Waals surface area contributed by atoms with Crippen LogP contribution in [0.25, 0.3) is 0 Å². The van der Waals surface area contributed by atoms with E-state index in [1.54, 1.807) is 7.11 Å². The van der Waals surface area contributed by atoms with Crippen LogP contribution in [0.1, 0.15) is 31.0 Å². The average Bonchev–Trinajstić information content (AvgIpc) is 2.36. The normalized spacial score (nSPS) is 14.4. The Morgan fingerprint density at radius 2 is 1.94 bits per heavy atom. The van der Waals surface area contributed by atoms with E-state index in [-0.39, 0.29) is 12.1 Å². The Hall–Kier alpha value is -0.900. The van der Waals surface area contributed by atoms with Crippen LogP contribution in [0.5, 0.6) is 0 Å². The van der Waals surface area contributed by atoms with Gasteiger partial charge in [0.05, 0.1) is 25.4 Å². The maximum Gasteiger partial charge on any atom is 0.0781 e. The first-order valence-electron chi connectivity index (χ1n) is 6.58. The molecule has 0 bridgehead atoms. The van der Waals surface area contributed by atoms with Gasteiger partial charge in [-0.1, -0.05) is 31.2 Å². The first-order valence-corrected chi connectivity index (χ1v) is 6.58.